The van der Waals surface area contributed by atoms with Gasteiger partial charge in [0.1, 0.15) is 17.9 Å². The van der Waals surface area contributed by atoms with Gasteiger partial charge in [-0.2, -0.15) is 0 Å². The van der Waals surface area contributed by atoms with Crippen LogP contribution in [0.2, 0.25) is 0 Å². The molecule has 0 bridgehead atoms. The Labute approximate surface area is 206 Å². The van der Waals surface area contributed by atoms with Crippen LogP contribution in [0.25, 0.3) is 21.9 Å². The highest BCUT2D eigenvalue weighted by molar-refractivity contribution is 6.03. The molecule has 10 heteroatoms. The maximum absolute atomic E-state index is 15.5. The topological polar surface area (TPSA) is 124 Å². The summed E-state index contributed by atoms with van der Waals surface area (Å²) in [5, 5.41) is 12.5. The van der Waals surface area contributed by atoms with Crippen LogP contribution in [-0.4, -0.2) is 38.3 Å². The van der Waals surface area contributed by atoms with E-state index in [1.807, 2.05) is 42.7 Å². The third-order valence-electron chi connectivity index (χ3n) is 6.59. The average molecular weight is 494 g/mol. The first-order valence-corrected chi connectivity index (χ1v) is 12.0. The molecule has 0 radical (unpaired) electrons. The number of nitrogens with zero attached hydrogens (tertiary/aromatic N) is 3. The lowest BCUT2D eigenvalue weighted by atomic mass is 9.99. The fourth-order valence-corrected chi connectivity index (χ4v) is 4.95. The number of carbonyl (C=O) groups is 1. The Hall–Kier alpha value is -4.08. The summed E-state index contributed by atoms with van der Waals surface area (Å²) in [7, 11) is 0. The number of nitrogens with one attached hydrogen (secondary N) is 1. The van der Waals surface area contributed by atoms with Gasteiger partial charge in [0.2, 0.25) is 5.43 Å². The van der Waals surface area contributed by atoms with Crippen LogP contribution in [0.15, 0.2) is 41.6 Å². The van der Waals surface area contributed by atoms with Crippen molar-refractivity contribution in [2.24, 2.45) is 5.92 Å². The highest BCUT2D eigenvalue weighted by Gasteiger charge is 2.32. The minimum absolute atomic E-state index is 0.0784. The van der Waals surface area contributed by atoms with Crippen molar-refractivity contribution in [2.75, 3.05) is 24.2 Å². The zero-order valence-electron chi connectivity index (χ0n) is 20.1. The number of nitrogen functional groups attached to an aromatic ring is 1. The SMILES string of the molecule is CC(C)C[C@@H]1COc2c(NCCCn3cnc4ccccc43)c(F)c(N)c3c(=O)c(C(=O)O)cn1c23. The second-order valence-electron chi connectivity index (χ2n) is 9.54. The first-order valence-electron chi connectivity index (χ1n) is 12.0. The molecular formula is C26H28FN5O4. The average Bonchev–Trinajstić information content (AvgIpc) is 3.25. The largest absolute Gasteiger partial charge is 0.487 e. The summed E-state index contributed by atoms with van der Waals surface area (Å²) < 4.78 is 25.2. The lowest BCUT2D eigenvalue weighted by Crippen LogP contribution is -2.30. The third-order valence-corrected chi connectivity index (χ3v) is 6.59. The van der Waals surface area contributed by atoms with Gasteiger partial charge >= 0.3 is 5.97 Å². The van der Waals surface area contributed by atoms with Crippen LogP contribution in [0, 0.1) is 11.7 Å². The Balaban J connectivity index is 1.51. The van der Waals surface area contributed by atoms with E-state index in [9.17, 15) is 14.7 Å². The smallest absolute Gasteiger partial charge is 0.341 e. The Morgan fingerprint density at radius 2 is 2.14 bits per heavy atom. The number of rotatable bonds is 8. The second-order valence-corrected chi connectivity index (χ2v) is 9.54. The van der Waals surface area contributed by atoms with Crippen LogP contribution in [0.5, 0.6) is 5.75 Å². The van der Waals surface area contributed by atoms with E-state index in [4.69, 9.17) is 10.5 Å². The van der Waals surface area contributed by atoms with Crippen molar-refractivity contribution in [3.05, 3.63) is 58.4 Å². The number of carboxylic acid groups (broad SMARTS) is 1. The van der Waals surface area contributed by atoms with Crippen molar-refractivity contribution in [1.29, 1.82) is 0 Å². The van der Waals surface area contributed by atoms with Gasteiger partial charge in [-0.3, -0.25) is 4.79 Å². The fraction of sp³-hybridized carbons (Fsp3) is 0.346. The zero-order chi connectivity index (χ0) is 25.6. The van der Waals surface area contributed by atoms with Gasteiger partial charge in [0.15, 0.2) is 11.6 Å². The molecule has 0 fully saturated rings. The highest BCUT2D eigenvalue weighted by atomic mass is 19.1. The molecule has 2 aromatic carbocycles. The number of anilines is 2. The summed E-state index contributed by atoms with van der Waals surface area (Å²) in [6.45, 7) is 5.39. The molecule has 0 amide bonds. The maximum Gasteiger partial charge on any atom is 0.341 e. The van der Waals surface area contributed by atoms with Gasteiger partial charge in [-0.1, -0.05) is 26.0 Å². The summed E-state index contributed by atoms with van der Waals surface area (Å²) >= 11 is 0. The third kappa shape index (κ3) is 3.92. The predicted octanol–water partition coefficient (Wildman–Crippen LogP) is 4.25. The maximum atomic E-state index is 15.5. The summed E-state index contributed by atoms with van der Waals surface area (Å²) in [6, 6.07) is 7.61. The molecule has 1 aliphatic rings. The van der Waals surface area contributed by atoms with Gasteiger partial charge in [0, 0.05) is 19.3 Å². The van der Waals surface area contributed by atoms with Crippen LogP contribution in [0.3, 0.4) is 0 Å². The van der Waals surface area contributed by atoms with Gasteiger partial charge in [-0.05, 0) is 30.9 Å². The van der Waals surface area contributed by atoms with E-state index >= 15 is 4.39 Å². The fourth-order valence-electron chi connectivity index (χ4n) is 4.95. The van der Waals surface area contributed by atoms with E-state index < -0.39 is 22.8 Å². The molecule has 3 heterocycles. The summed E-state index contributed by atoms with van der Waals surface area (Å²) in [6.07, 6.45) is 4.46. The first kappa shape index (κ1) is 23.7. The molecule has 188 valence electrons. The Kier molecular flexibility index (Phi) is 6.03. The van der Waals surface area contributed by atoms with Crippen molar-refractivity contribution in [1.82, 2.24) is 14.1 Å². The Morgan fingerprint density at radius 1 is 1.36 bits per heavy atom. The van der Waals surface area contributed by atoms with Crippen LogP contribution in [-0.2, 0) is 6.54 Å². The van der Waals surface area contributed by atoms with E-state index in [-0.39, 0.29) is 41.1 Å². The molecule has 9 nitrogen and oxygen atoms in total. The molecule has 1 aliphatic heterocycles. The number of carboxylic acids is 1. The van der Waals surface area contributed by atoms with E-state index in [0.717, 1.165) is 11.0 Å². The zero-order valence-corrected chi connectivity index (χ0v) is 20.1. The summed E-state index contributed by atoms with van der Waals surface area (Å²) in [5.41, 5.74) is 6.79. The number of fused-ring (bicyclic) bond motifs is 1. The first-order chi connectivity index (χ1) is 17.3. The number of benzene rings is 2. The number of aromatic nitrogens is 3. The Bertz CT molecular complexity index is 1540. The minimum Gasteiger partial charge on any atom is -0.487 e. The van der Waals surface area contributed by atoms with Crippen molar-refractivity contribution in [2.45, 2.75) is 39.3 Å². The number of pyridine rings is 1. The van der Waals surface area contributed by atoms with Gasteiger partial charge in [-0.15, -0.1) is 0 Å². The molecule has 0 saturated heterocycles. The normalized spacial score (nSPS) is 14.9. The number of halogens is 1. The molecule has 0 spiro atoms. The van der Waals surface area contributed by atoms with Crippen LogP contribution in [0.1, 0.15) is 43.1 Å². The number of aryl methyl sites for hydroxylation is 1. The molecule has 0 unspecified atom stereocenters. The monoisotopic (exact) mass is 493 g/mol. The molecule has 4 aromatic rings. The number of aromatic carboxylic acids is 1. The van der Waals surface area contributed by atoms with Gasteiger partial charge in [0.05, 0.1) is 40.0 Å². The summed E-state index contributed by atoms with van der Waals surface area (Å²) in [5.74, 6) is -1.73. The van der Waals surface area contributed by atoms with Crippen molar-refractivity contribution >= 4 is 39.3 Å². The van der Waals surface area contributed by atoms with E-state index in [2.05, 4.69) is 10.3 Å². The van der Waals surface area contributed by atoms with Crippen molar-refractivity contribution < 1.29 is 19.0 Å². The molecule has 0 aliphatic carbocycles. The predicted molar refractivity (Wildman–Crippen MR) is 136 cm³/mol. The Morgan fingerprint density at radius 3 is 2.89 bits per heavy atom. The lowest BCUT2D eigenvalue weighted by Gasteiger charge is -2.32. The minimum atomic E-state index is -1.38. The van der Waals surface area contributed by atoms with E-state index in [1.165, 1.54) is 6.20 Å². The number of hydrogen-bond acceptors (Lipinski definition) is 6. The van der Waals surface area contributed by atoms with Crippen LogP contribution < -0.4 is 21.2 Å². The van der Waals surface area contributed by atoms with Crippen LogP contribution >= 0.6 is 0 Å². The van der Waals surface area contributed by atoms with Crippen molar-refractivity contribution in [3.8, 4) is 5.75 Å². The van der Waals surface area contributed by atoms with E-state index in [1.54, 1.807) is 10.9 Å². The molecule has 36 heavy (non-hydrogen) atoms. The quantitative estimate of drug-likeness (QED) is 0.248. The molecule has 0 saturated carbocycles. The van der Waals surface area contributed by atoms with Gasteiger partial charge in [0.25, 0.3) is 0 Å². The number of nitrogens with two attached hydrogens (primary N) is 1. The second kappa shape index (κ2) is 9.18. The van der Waals surface area contributed by atoms with Crippen molar-refractivity contribution in [3.63, 3.8) is 0 Å². The van der Waals surface area contributed by atoms with Gasteiger partial charge in [-0.25, -0.2) is 14.2 Å². The molecular weight excluding hydrogens is 465 g/mol. The summed E-state index contributed by atoms with van der Waals surface area (Å²) in [4.78, 5) is 29.2. The standard InChI is InChI=1S/C26H28FN5O4/c1-14(2)10-15-12-36-25-22(29-8-5-9-31-13-30-17-6-3-4-7-18(17)31)20(27)21(28)19-23(25)32(15)11-16(24(19)33)26(34)35/h3-4,6-7,11,13-15,29H,5,8-10,12,28H2,1-2H3,(H,34,35)/t15-/m1/s1. The van der Waals surface area contributed by atoms with E-state index in [0.29, 0.717) is 31.4 Å². The highest BCUT2D eigenvalue weighted by Crippen LogP contribution is 2.44. The number of imidazole rings is 1. The lowest BCUT2D eigenvalue weighted by molar-refractivity contribution is 0.0694. The van der Waals surface area contributed by atoms with Gasteiger partial charge < -0.3 is 30.0 Å². The molecule has 4 N–H and O–H groups in total. The van der Waals surface area contributed by atoms with Crippen LogP contribution in [0.4, 0.5) is 15.8 Å². The molecule has 5 rings (SSSR count). The molecule has 1 atom stereocenters. The molecule has 2 aromatic heterocycles. The number of ether oxygens (including phenoxy) is 1. The number of hydrogen-bond donors (Lipinski definition) is 3. The number of para-hydroxylation sites is 2.